The average Bonchev–Trinajstić information content (AvgIpc) is 2.61. The fourth-order valence-electron chi connectivity index (χ4n) is 3.53. The van der Waals surface area contributed by atoms with Crippen LogP contribution in [0.3, 0.4) is 0 Å². The molecule has 0 aliphatic carbocycles. The normalized spacial score (nSPS) is 19.8. The zero-order valence-corrected chi connectivity index (χ0v) is 13.7. The van der Waals surface area contributed by atoms with Gasteiger partial charge in [0.1, 0.15) is 5.75 Å². The Balaban J connectivity index is 1.42. The van der Waals surface area contributed by atoms with Gasteiger partial charge >= 0.3 is 0 Å². The third-order valence-electron chi connectivity index (χ3n) is 5.07. The number of nitrogens with one attached hydrogen (secondary N) is 1. The smallest absolute Gasteiger partial charge is 0.222 e. The van der Waals surface area contributed by atoms with Crippen molar-refractivity contribution in [1.29, 1.82) is 0 Å². The Hall–Kier alpha value is -1.75. The molecule has 2 N–H and O–H groups in total. The number of rotatable bonds is 4. The number of anilines is 1. The van der Waals surface area contributed by atoms with Gasteiger partial charge in [0.15, 0.2) is 0 Å². The summed E-state index contributed by atoms with van der Waals surface area (Å²) in [6, 6.07) is 7.30. The second-order valence-corrected chi connectivity index (χ2v) is 6.62. The summed E-state index contributed by atoms with van der Waals surface area (Å²) in [4.78, 5) is 16.7. The summed E-state index contributed by atoms with van der Waals surface area (Å²) in [5.41, 5.74) is 1.12. The molecule has 1 aromatic carbocycles. The van der Waals surface area contributed by atoms with Crippen LogP contribution in [0, 0.1) is 5.92 Å². The molecule has 5 nitrogen and oxygen atoms in total. The van der Waals surface area contributed by atoms with Gasteiger partial charge in [-0.2, -0.15) is 0 Å². The Morgan fingerprint density at radius 2 is 1.74 bits per heavy atom. The number of amides is 1. The van der Waals surface area contributed by atoms with E-state index in [9.17, 15) is 9.90 Å². The van der Waals surface area contributed by atoms with Crippen LogP contribution in [0.2, 0.25) is 0 Å². The van der Waals surface area contributed by atoms with Crippen LogP contribution in [-0.2, 0) is 4.79 Å². The van der Waals surface area contributed by atoms with Crippen molar-refractivity contribution in [1.82, 2.24) is 10.2 Å². The van der Waals surface area contributed by atoms with Crippen molar-refractivity contribution in [3.63, 3.8) is 0 Å². The molecule has 0 spiro atoms. The van der Waals surface area contributed by atoms with Crippen molar-refractivity contribution < 1.29 is 9.90 Å². The lowest BCUT2D eigenvalue weighted by molar-refractivity contribution is -0.131. The van der Waals surface area contributed by atoms with Gasteiger partial charge in [-0.25, -0.2) is 0 Å². The van der Waals surface area contributed by atoms with Gasteiger partial charge in [0, 0.05) is 38.3 Å². The van der Waals surface area contributed by atoms with Crippen LogP contribution in [0.4, 0.5) is 5.69 Å². The van der Waals surface area contributed by atoms with Gasteiger partial charge in [0.05, 0.1) is 0 Å². The molecule has 126 valence electrons. The van der Waals surface area contributed by atoms with E-state index in [-0.39, 0.29) is 0 Å². The lowest BCUT2D eigenvalue weighted by Gasteiger charge is -2.36. The minimum absolute atomic E-state index is 0.292. The number of phenolic OH excluding ortho intramolecular Hbond substituents is 1. The first-order valence-corrected chi connectivity index (χ1v) is 8.75. The lowest BCUT2D eigenvalue weighted by Crippen LogP contribution is -2.48. The Kier molecular flexibility index (Phi) is 5.39. The number of nitrogens with zero attached hydrogens (tertiary/aromatic N) is 2. The third-order valence-corrected chi connectivity index (χ3v) is 5.07. The van der Waals surface area contributed by atoms with E-state index < -0.39 is 0 Å². The van der Waals surface area contributed by atoms with Crippen LogP contribution < -0.4 is 10.2 Å². The molecule has 0 atom stereocenters. The second-order valence-electron chi connectivity index (χ2n) is 6.62. The molecule has 0 saturated carbocycles. The summed E-state index contributed by atoms with van der Waals surface area (Å²) >= 11 is 0. The van der Waals surface area contributed by atoms with Crippen molar-refractivity contribution >= 4 is 11.6 Å². The van der Waals surface area contributed by atoms with Gasteiger partial charge < -0.3 is 20.2 Å². The molecule has 2 aliphatic rings. The topological polar surface area (TPSA) is 55.8 Å². The monoisotopic (exact) mass is 317 g/mol. The highest BCUT2D eigenvalue weighted by Gasteiger charge is 2.22. The van der Waals surface area contributed by atoms with Crippen LogP contribution in [0.15, 0.2) is 24.3 Å². The molecule has 0 unspecified atom stereocenters. The van der Waals surface area contributed by atoms with Gasteiger partial charge in [0.2, 0.25) is 5.91 Å². The Morgan fingerprint density at radius 1 is 1.09 bits per heavy atom. The molecule has 2 fully saturated rings. The largest absolute Gasteiger partial charge is 0.508 e. The molecule has 3 rings (SSSR count). The maximum atomic E-state index is 12.4. The Morgan fingerprint density at radius 3 is 2.39 bits per heavy atom. The van der Waals surface area contributed by atoms with E-state index >= 15 is 0 Å². The minimum atomic E-state index is 0.292. The summed E-state index contributed by atoms with van der Waals surface area (Å²) < 4.78 is 0. The number of piperazine rings is 1. The molecule has 5 heteroatoms. The molecular formula is C18H27N3O2. The fraction of sp³-hybridized carbons (Fsp3) is 0.611. The molecule has 0 bridgehead atoms. The van der Waals surface area contributed by atoms with Crippen molar-refractivity contribution in [3.05, 3.63) is 24.3 Å². The zero-order valence-electron chi connectivity index (χ0n) is 13.7. The molecule has 2 heterocycles. The predicted octanol–water partition coefficient (Wildman–Crippen LogP) is 1.82. The van der Waals surface area contributed by atoms with Crippen molar-refractivity contribution in [2.75, 3.05) is 44.2 Å². The summed E-state index contributed by atoms with van der Waals surface area (Å²) in [5, 5.41) is 12.7. The highest BCUT2D eigenvalue weighted by molar-refractivity contribution is 5.76. The van der Waals surface area contributed by atoms with Crippen molar-refractivity contribution in [3.8, 4) is 5.75 Å². The number of aromatic hydroxyl groups is 1. The van der Waals surface area contributed by atoms with Crippen LogP contribution >= 0.6 is 0 Å². The molecule has 1 amide bonds. The highest BCUT2D eigenvalue weighted by Crippen LogP contribution is 2.21. The quantitative estimate of drug-likeness (QED) is 0.889. The first-order chi connectivity index (χ1) is 11.2. The first-order valence-electron chi connectivity index (χ1n) is 8.75. The second kappa shape index (κ2) is 7.68. The number of phenols is 1. The van der Waals surface area contributed by atoms with Gasteiger partial charge in [-0.05, 0) is 62.5 Å². The third kappa shape index (κ3) is 4.38. The summed E-state index contributed by atoms with van der Waals surface area (Å²) in [7, 11) is 0. The number of benzene rings is 1. The van der Waals surface area contributed by atoms with Crippen LogP contribution in [0.1, 0.15) is 25.7 Å². The zero-order chi connectivity index (χ0) is 16.1. The fourth-order valence-corrected chi connectivity index (χ4v) is 3.53. The first kappa shape index (κ1) is 16.1. The molecule has 0 aromatic heterocycles. The van der Waals surface area contributed by atoms with Gasteiger partial charge in [-0.1, -0.05) is 0 Å². The number of carbonyl (C=O) groups is 1. The van der Waals surface area contributed by atoms with Gasteiger partial charge in [0.25, 0.3) is 0 Å². The van der Waals surface area contributed by atoms with E-state index in [0.717, 1.165) is 57.3 Å². The van der Waals surface area contributed by atoms with E-state index in [0.29, 0.717) is 18.1 Å². The van der Waals surface area contributed by atoms with E-state index in [1.54, 1.807) is 12.1 Å². The number of hydrogen-bond acceptors (Lipinski definition) is 4. The SMILES string of the molecule is O=C(CCC1CCNCC1)N1CCN(c2ccc(O)cc2)CC1. The highest BCUT2D eigenvalue weighted by atomic mass is 16.3. The molecule has 23 heavy (non-hydrogen) atoms. The average molecular weight is 317 g/mol. The molecular weight excluding hydrogens is 290 g/mol. The van der Waals surface area contributed by atoms with Crippen molar-refractivity contribution in [2.45, 2.75) is 25.7 Å². The number of hydrogen-bond donors (Lipinski definition) is 2. The van der Waals surface area contributed by atoms with Crippen molar-refractivity contribution in [2.24, 2.45) is 5.92 Å². The van der Waals surface area contributed by atoms with Crippen LogP contribution in [0.25, 0.3) is 0 Å². The maximum Gasteiger partial charge on any atom is 0.222 e. The van der Waals surface area contributed by atoms with Crippen LogP contribution in [0.5, 0.6) is 5.75 Å². The Bertz CT molecular complexity index is 504. The van der Waals surface area contributed by atoms with E-state index in [4.69, 9.17) is 0 Å². The molecule has 2 saturated heterocycles. The van der Waals surface area contributed by atoms with E-state index in [1.807, 2.05) is 17.0 Å². The molecule has 0 radical (unpaired) electrons. The number of carbonyl (C=O) groups excluding carboxylic acids is 1. The minimum Gasteiger partial charge on any atom is -0.508 e. The van der Waals surface area contributed by atoms with Gasteiger partial charge in [-0.15, -0.1) is 0 Å². The van der Waals surface area contributed by atoms with E-state index in [2.05, 4.69) is 10.2 Å². The standard InChI is InChI=1S/C18H27N3O2/c22-17-4-2-16(3-5-17)20-11-13-21(14-12-20)18(23)6-1-15-7-9-19-10-8-15/h2-5,15,19,22H,1,6-14H2. The summed E-state index contributed by atoms with van der Waals surface area (Å²) in [5.74, 6) is 1.33. The summed E-state index contributed by atoms with van der Waals surface area (Å²) in [6.45, 7) is 5.53. The Labute approximate surface area is 138 Å². The maximum absolute atomic E-state index is 12.4. The molecule has 1 aromatic rings. The molecule has 2 aliphatic heterocycles. The van der Waals surface area contributed by atoms with E-state index in [1.165, 1.54) is 12.8 Å². The predicted molar refractivity (Wildman–Crippen MR) is 91.7 cm³/mol. The van der Waals surface area contributed by atoms with Gasteiger partial charge in [-0.3, -0.25) is 4.79 Å². The summed E-state index contributed by atoms with van der Waals surface area (Å²) in [6.07, 6.45) is 4.16. The van der Waals surface area contributed by atoms with Crippen LogP contribution in [-0.4, -0.2) is 55.2 Å². The lowest BCUT2D eigenvalue weighted by atomic mass is 9.93. The number of piperidine rings is 1.